The second-order valence-corrected chi connectivity index (χ2v) is 6.27. The molecule has 2 aromatic carbocycles. The molecule has 0 spiro atoms. The molecule has 3 aromatic rings. The van der Waals surface area contributed by atoms with E-state index < -0.39 is 5.91 Å². The fourth-order valence-corrected chi connectivity index (χ4v) is 2.72. The number of hydrogen-bond acceptors (Lipinski definition) is 4. The summed E-state index contributed by atoms with van der Waals surface area (Å²) in [7, 11) is 0. The smallest absolute Gasteiger partial charge is 0.267 e. The molecule has 0 saturated heterocycles. The highest BCUT2D eigenvalue weighted by molar-refractivity contribution is 5.90. The molecule has 0 aliphatic carbocycles. The minimum absolute atomic E-state index is 0.214. The predicted molar refractivity (Wildman–Crippen MR) is 103 cm³/mol. The third-order valence-electron chi connectivity index (χ3n) is 4.10. The molecule has 0 unspecified atom stereocenters. The molecular formula is C21H18N4O2. The van der Waals surface area contributed by atoms with Gasteiger partial charge in [0, 0.05) is 17.3 Å². The Morgan fingerprint density at radius 2 is 1.96 bits per heavy atom. The van der Waals surface area contributed by atoms with Crippen LogP contribution in [0.5, 0.6) is 0 Å². The van der Waals surface area contributed by atoms with E-state index >= 15 is 0 Å². The van der Waals surface area contributed by atoms with Crippen molar-refractivity contribution in [2.24, 2.45) is 0 Å². The van der Waals surface area contributed by atoms with Gasteiger partial charge >= 0.3 is 0 Å². The summed E-state index contributed by atoms with van der Waals surface area (Å²) in [6.45, 7) is 3.75. The summed E-state index contributed by atoms with van der Waals surface area (Å²) in [5.41, 5.74) is 4.27. The number of carbonyl (C=O) groups excluding carboxylic acids is 1. The number of hydrogen-bond donors (Lipinski definition) is 1. The van der Waals surface area contributed by atoms with Crippen LogP contribution in [-0.4, -0.2) is 15.7 Å². The van der Waals surface area contributed by atoms with Crippen molar-refractivity contribution in [1.82, 2.24) is 9.78 Å². The normalized spacial score (nSPS) is 10.3. The van der Waals surface area contributed by atoms with E-state index in [1.807, 2.05) is 38.1 Å². The Labute approximate surface area is 156 Å². The number of aryl methyl sites for hydroxylation is 2. The number of rotatable bonds is 4. The van der Waals surface area contributed by atoms with E-state index in [4.69, 9.17) is 5.26 Å². The Balaban J connectivity index is 1.84. The summed E-state index contributed by atoms with van der Waals surface area (Å²) >= 11 is 0. The zero-order valence-electron chi connectivity index (χ0n) is 15.1. The number of amides is 1. The predicted octanol–water partition coefficient (Wildman–Crippen LogP) is 3.04. The zero-order valence-corrected chi connectivity index (χ0v) is 15.1. The molecule has 0 aliphatic heterocycles. The summed E-state index contributed by atoms with van der Waals surface area (Å²) in [6, 6.07) is 17.7. The monoisotopic (exact) mass is 358 g/mol. The van der Waals surface area contributed by atoms with E-state index in [0.717, 1.165) is 21.4 Å². The Bertz CT molecular complexity index is 1110. The molecule has 1 amide bonds. The molecule has 27 heavy (non-hydrogen) atoms. The van der Waals surface area contributed by atoms with Crippen LogP contribution in [0.4, 0.5) is 5.69 Å². The quantitative estimate of drug-likeness (QED) is 0.776. The lowest BCUT2D eigenvalue weighted by Gasteiger charge is -2.10. The second kappa shape index (κ2) is 7.67. The molecular weight excluding hydrogens is 340 g/mol. The average molecular weight is 358 g/mol. The van der Waals surface area contributed by atoms with Crippen LogP contribution >= 0.6 is 0 Å². The third kappa shape index (κ3) is 4.28. The van der Waals surface area contributed by atoms with Crippen LogP contribution in [0.1, 0.15) is 16.7 Å². The van der Waals surface area contributed by atoms with E-state index in [0.29, 0.717) is 16.9 Å². The van der Waals surface area contributed by atoms with E-state index in [1.54, 1.807) is 30.3 Å². The van der Waals surface area contributed by atoms with Crippen LogP contribution in [0.2, 0.25) is 0 Å². The first-order chi connectivity index (χ1) is 13.0. The van der Waals surface area contributed by atoms with Gasteiger partial charge in [0.2, 0.25) is 5.91 Å². The molecule has 1 heterocycles. The number of anilines is 1. The van der Waals surface area contributed by atoms with Gasteiger partial charge in [0.15, 0.2) is 0 Å². The molecule has 134 valence electrons. The number of nitrogens with one attached hydrogen (secondary N) is 1. The van der Waals surface area contributed by atoms with Crippen LogP contribution in [0, 0.1) is 25.2 Å². The van der Waals surface area contributed by atoms with E-state index in [1.165, 1.54) is 6.07 Å². The lowest BCUT2D eigenvalue weighted by Crippen LogP contribution is -2.29. The van der Waals surface area contributed by atoms with Gasteiger partial charge < -0.3 is 5.32 Å². The fourth-order valence-electron chi connectivity index (χ4n) is 2.72. The maximum absolute atomic E-state index is 12.3. The number of benzene rings is 2. The minimum atomic E-state index is -0.391. The summed E-state index contributed by atoms with van der Waals surface area (Å²) in [5.74, 6) is -0.391. The number of nitrogens with zero attached hydrogens (tertiary/aromatic N) is 3. The SMILES string of the molecule is Cc1ccc(C)c(-c2ccc(=O)n(CC(=O)Nc3cccc(C#N)c3)n2)c1. The van der Waals surface area contributed by atoms with Gasteiger partial charge in [-0.3, -0.25) is 9.59 Å². The molecule has 0 saturated carbocycles. The van der Waals surface area contributed by atoms with Crippen molar-refractivity contribution in [3.63, 3.8) is 0 Å². The first-order valence-corrected chi connectivity index (χ1v) is 8.42. The Morgan fingerprint density at radius 1 is 1.15 bits per heavy atom. The largest absolute Gasteiger partial charge is 0.324 e. The maximum atomic E-state index is 12.3. The van der Waals surface area contributed by atoms with Crippen molar-refractivity contribution in [2.45, 2.75) is 20.4 Å². The van der Waals surface area contributed by atoms with Crippen LogP contribution in [0.3, 0.4) is 0 Å². The van der Waals surface area contributed by atoms with Crippen molar-refractivity contribution < 1.29 is 4.79 Å². The Hall–Kier alpha value is -3.72. The van der Waals surface area contributed by atoms with Gasteiger partial charge in [-0.25, -0.2) is 4.68 Å². The second-order valence-electron chi connectivity index (χ2n) is 6.27. The summed E-state index contributed by atoms with van der Waals surface area (Å²) in [5, 5.41) is 16.0. The van der Waals surface area contributed by atoms with Crippen LogP contribution in [0.25, 0.3) is 11.3 Å². The van der Waals surface area contributed by atoms with Gasteiger partial charge in [0.1, 0.15) is 6.54 Å². The van der Waals surface area contributed by atoms with Gasteiger partial charge in [0.05, 0.1) is 17.3 Å². The van der Waals surface area contributed by atoms with Crippen molar-refractivity contribution in [2.75, 3.05) is 5.32 Å². The van der Waals surface area contributed by atoms with E-state index in [-0.39, 0.29) is 12.1 Å². The molecule has 6 heteroatoms. The first-order valence-electron chi connectivity index (χ1n) is 8.42. The fraction of sp³-hybridized carbons (Fsp3) is 0.143. The lowest BCUT2D eigenvalue weighted by molar-refractivity contribution is -0.117. The molecule has 0 radical (unpaired) electrons. The molecule has 0 bridgehead atoms. The van der Waals surface area contributed by atoms with Gasteiger partial charge in [-0.05, 0) is 49.7 Å². The maximum Gasteiger partial charge on any atom is 0.267 e. The van der Waals surface area contributed by atoms with Gasteiger partial charge in [-0.2, -0.15) is 10.4 Å². The topological polar surface area (TPSA) is 87.8 Å². The van der Waals surface area contributed by atoms with Gasteiger partial charge in [-0.1, -0.05) is 23.8 Å². The molecule has 1 N–H and O–H groups in total. The summed E-state index contributed by atoms with van der Waals surface area (Å²) in [4.78, 5) is 24.4. The van der Waals surface area contributed by atoms with Gasteiger partial charge in [-0.15, -0.1) is 0 Å². The van der Waals surface area contributed by atoms with E-state index in [2.05, 4.69) is 10.4 Å². The summed E-state index contributed by atoms with van der Waals surface area (Å²) in [6.07, 6.45) is 0. The Kier molecular flexibility index (Phi) is 5.13. The van der Waals surface area contributed by atoms with Crippen molar-refractivity contribution >= 4 is 11.6 Å². The Morgan fingerprint density at radius 3 is 2.74 bits per heavy atom. The molecule has 1 aromatic heterocycles. The highest BCUT2D eigenvalue weighted by Gasteiger charge is 2.10. The minimum Gasteiger partial charge on any atom is -0.324 e. The highest BCUT2D eigenvalue weighted by atomic mass is 16.2. The van der Waals surface area contributed by atoms with Crippen LogP contribution in [-0.2, 0) is 11.3 Å². The zero-order chi connectivity index (χ0) is 19.4. The lowest BCUT2D eigenvalue weighted by atomic mass is 10.0. The standard InChI is InChI=1S/C21H18N4O2/c1-14-6-7-15(2)18(10-14)19-8-9-21(27)25(24-19)13-20(26)23-17-5-3-4-16(11-17)12-22/h3-11H,13H2,1-2H3,(H,23,26). The number of aromatic nitrogens is 2. The third-order valence-corrected chi connectivity index (χ3v) is 4.10. The highest BCUT2D eigenvalue weighted by Crippen LogP contribution is 2.21. The molecule has 0 atom stereocenters. The molecule has 3 rings (SSSR count). The van der Waals surface area contributed by atoms with Gasteiger partial charge in [0.25, 0.3) is 5.56 Å². The van der Waals surface area contributed by atoms with Crippen LogP contribution < -0.4 is 10.9 Å². The van der Waals surface area contributed by atoms with Crippen LogP contribution in [0.15, 0.2) is 59.4 Å². The molecule has 0 fully saturated rings. The average Bonchev–Trinajstić information content (AvgIpc) is 2.65. The molecule has 6 nitrogen and oxygen atoms in total. The first kappa shape index (κ1) is 18.1. The number of carbonyl (C=O) groups is 1. The summed E-state index contributed by atoms with van der Waals surface area (Å²) < 4.78 is 1.14. The number of nitriles is 1. The van der Waals surface area contributed by atoms with Crippen molar-refractivity contribution in [3.05, 3.63) is 81.6 Å². The molecule has 0 aliphatic rings. The van der Waals surface area contributed by atoms with Crippen molar-refractivity contribution in [3.8, 4) is 17.3 Å². The van der Waals surface area contributed by atoms with E-state index in [9.17, 15) is 9.59 Å². The van der Waals surface area contributed by atoms with Crippen molar-refractivity contribution in [1.29, 1.82) is 5.26 Å².